The lowest BCUT2D eigenvalue weighted by Crippen LogP contribution is -2.47. The van der Waals surface area contributed by atoms with Crippen LogP contribution in [0.1, 0.15) is 38.5 Å². The van der Waals surface area contributed by atoms with Crippen LogP contribution >= 0.6 is 0 Å². The van der Waals surface area contributed by atoms with E-state index in [0.717, 1.165) is 38.8 Å². The zero-order valence-electron chi connectivity index (χ0n) is 13.4. The number of piperidine rings is 1. The third-order valence-corrected chi connectivity index (χ3v) is 5.26. The monoisotopic (exact) mass is 329 g/mol. The largest absolute Gasteiger partial charge is 0.343 e. The molecule has 3 saturated heterocycles. The molecule has 3 fully saturated rings. The van der Waals surface area contributed by atoms with E-state index in [1.807, 2.05) is 4.90 Å². The van der Waals surface area contributed by atoms with E-state index in [1.165, 1.54) is 0 Å². The average molecular weight is 329 g/mol. The average Bonchev–Trinajstić information content (AvgIpc) is 3.17. The van der Waals surface area contributed by atoms with Gasteiger partial charge in [0.05, 0.1) is 12.6 Å². The highest BCUT2D eigenvalue weighted by Crippen LogP contribution is 2.28. The van der Waals surface area contributed by atoms with Gasteiger partial charge in [-0.25, -0.2) is 8.78 Å². The van der Waals surface area contributed by atoms with Crippen LogP contribution in [0.15, 0.2) is 0 Å². The van der Waals surface area contributed by atoms with Crippen molar-refractivity contribution >= 4 is 11.8 Å². The van der Waals surface area contributed by atoms with Crippen LogP contribution < -0.4 is 5.32 Å². The Labute approximate surface area is 135 Å². The fraction of sp³-hybridized carbons (Fsp3) is 0.875. The summed E-state index contributed by atoms with van der Waals surface area (Å²) in [6.07, 6.45) is 3.92. The maximum absolute atomic E-state index is 13.2. The lowest BCUT2D eigenvalue weighted by atomic mass is 9.92. The van der Waals surface area contributed by atoms with Gasteiger partial charge in [-0.1, -0.05) is 0 Å². The smallest absolute Gasteiger partial charge is 0.262 e. The fourth-order valence-corrected chi connectivity index (χ4v) is 3.81. The molecule has 0 saturated carbocycles. The van der Waals surface area contributed by atoms with Gasteiger partial charge in [-0.05, 0) is 31.6 Å². The number of rotatable bonds is 3. The standard InChI is InChI=1S/C16H25F2N3O2/c17-16(18)10-13(19-11-16)15(23)21-7-3-12(4-8-21)9-14(22)20-5-1-2-6-20/h12-13,19H,1-11H2. The fourth-order valence-electron chi connectivity index (χ4n) is 3.81. The molecule has 23 heavy (non-hydrogen) atoms. The van der Waals surface area contributed by atoms with Crippen LogP contribution in [0.25, 0.3) is 0 Å². The number of hydrogen-bond acceptors (Lipinski definition) is 3. The van der Waals surface area contributed by atoms with E-state index in [4.69, 9.17) is 0 Å². The van der Waals surface area contributed by atoms with E-state index in [-0.39, 0.29) is 11.8 Å². The first-order valence-electron chi connectivity index (χ1n) is 8.62. The summed E-state index contributed by atoms with van der Waals surface area (Å²) >= 11 is 0. The van der Waals surface area contributed by atoms with Crippen molar-refractivity contribution in [3.05, 3.63) is 0 Å². The molecule has 1 N–H and O–H groups in total. The highest BCUT2D eigenvalue weighted by molar-refractivity contribution is 5.82. The van der Waals surface area contributed by atoms with Gasteiger partial charge in [0.2, 0.25) is 11.8 Å². The summed E-state index contributed by atoms with van der Waals surface area (Å²) in [4.78, 5) is 28.1. The number of likely N-dealkylation sites (tertiary alicyclic amines) is 2. The second kappa shape index (κ2) is 6.71. The molecule has 1 unspecified atom stereocenters. The maximum Gasteiger partial charge on any atom is 0.262 e. The molecule has 0 aromatic carbocycles. The minimum atomic E-state index is -2.78. The SMILES string of the molecule is O=C(CC1CCN(C(=O)C2CC(F)(F)CN2)CC1)N1CCCC1. The van der Waals surface area contributed by atoms with E-state index in [0.29, 0.717) is 25.4 Å². The first-order chi connectivity index (χ1) is 10.9. The molecule has 0 aliphatic carbocycles. The van der Waals surface area contributed by atoms with Crippen LogP contribution in [-0.2, 0) is 9.59 Å². The normalized spacial score (nSPS) is 28.3. The molecule has 3 aliphatic rings. The number of nitrogens with one attached hydrogen (secondary N) is 1. The van der Waals surface area contributed by atoms with Crippen LogP contribution in [-0.4, -0.2) is 66.3 Å². The summed E-state index contributed by atoms with van der Waals surface area (Å²) in [5, 5.41) is 2.62. The van der Waals surface area contributed by atoms with E-state index in [1.54, 1.807) is 4.90 Å². The predicted octanol–water partition coefficient (Wildman–Crippen LogP) is 1.23. The first kappa shape index (κ1) is 16.6. The Bertz CT molecular complexity index is 458. The summed E-state index contributed by atoms with van der Waals surface area (Å²) in [6, 6.07) is -0.757. The van der Waals surface area contributed by atoms with E-state index >= 15 is 0 Å². The number of carbonyl (C=O) groups is 2. The second-order valence-electron chi connectivity index (χ2n) is 7.05. The molecule has 130 valence electrons. The molecule has 7 heteroatoms. The second-order valence-corrected chi connectivity index (χ2v) is 7.05. The quantitative estimate of drug-likeness (QED) is 0.847. The number of amides is 2. The molecular weight excluding hydrogens is 304 g/mol. The van der Waals surface area contributed by atoms with E-state index in [9.17, 15) is 18.4 Å². The van der Waals surface area contributed by atoms with Gasteiger partial charge in [0, 0.05) is 39.0 Å². The molecule has 0 radical (unpaired) electrons. The van der Waals surface area contributed by atoms with Gasteiger partial charge in [-0.15, -0.1) is 0 Å². The molecular formula is C16H25F2N3O2. The van der Waals surface area contributed by atoms with Gasteiger partial charge in [0.25, 0.3) is 5.92 Å². The molecule has 1 atom stereocenters. The molecule has 2 amide bonds. The van der Waals surface area contributed by atoms with Crippen molar-refractivity contribution in [2.24, 2.45) is 5.92 Å². The van der Waals surface area contributed by atoms with E-state index < -0.39 is 24.9 Å². The van der Waals surface area contributed by atoms with Crippen molar-refractivity contribution in [2.75, 3.05) is 32.7 Å². The van der Waals surface area contributed by atoms with Crippen LogP contribution in [0, 0.1) is 5.92 Å². The first-order valence-corrected chi connectivity index (χ1v) is 8.62. The predicted molar refractivity (Wildman–Crippen MR) is 81.1 cm³/mol. The highest BCUT2D eigenvalue weighted by atomic mass is 19.3. The Kier molecular flexibility index (Phi) is 4.85. The van der Waals surface area contributed by atoms with Crippen molar-refractivity contribution in [1.29, 1.82) is 0 Å². The Morgan fingerprint density at radius 3 is 2.26 bits per heavy atom. The summed E-state index contributed by atoms with van der Waals surface area (Å²) in [6.45, 7) is 2.47. The third kappa shape index (κ3) is 4.00. The van der Waals surface area contributed by atoms with Crippen molar-refractivity contribution in [3.63, 3.8) is 0 Å². The Morgan fingerprint density at radius 1 is 1.04 bits per heavy atom. The summed E-state index contributed by atoms with van der Waals surface area (Å²) < 4.78 is 26.4. The number of hydrogen-bond donors (Lipinski definition) is 1. The molecule has 0 aromatic rings. The zero-order chi connectivity index (χ0) is 16.4. The van der Waals surface area contributed by atoms with Crippen molar-refractivity contribution in [2.45, 2.75) is 50.5 Å². The molecule has 0 bridgehead atoms. The molecule has 5 nitrogen and oxygen atoms in total. The van der Waals surface area contributed by atoms with Crippen LogP contribution in [0.5, 0.6) is 0 Å². The van der Waals surface area contributed by atoms with Crippen molar-refractivity contribution in [3.8, 4) is 0 Å². The lowest BCUT2D eigenvalue weighted by Gasteiger charge is -2.33. The van der Waals surface area contributed by atoms with Gasteiger partial charge in [0.1, 0.15) is 0 Å². The number of alkyl halides is 2. The molecule has 0 spiro atoms. The number of halogens is 2. The number of carbonyl (C=O) groups excluding carboxylic acids is 2. The Balaban J connectivity index is 1.43. The van der Waals surface area contributed by atoms with Gasteiger partial charge in [-0.2, -0.15) is 0 Å². The lowest BCUT2D eigenvalue weighted by molar-refractivity contribution is -0.135. The van der Waals surface area contributed by atoms with Gasteiger partial charge in [0.15, 0.2) is 0 Å². The molecule has 3 aliphatic heterocycles. The third-order valence-electron chi connectivity index (χ3n) is 5.26. The molecule has 3 rings (SSSR count). The highest BCUT2D eigenvalue weighted by Gasteiger charge is 2.43. The molecule has 3 heterocycles. The Morgan fingerprint density at radius 2 is 1.70 bits per heavy atom. The van der Waals surface area contributed by atoms with Crippen LogP contribution in [0.2, 0.25) is 0 Å². The topological polar surface area (TPSA) is 52.7 Å². The molecule has 0 aromatic heterocycles. The maximum atomic E-state index is 13.2. The van der Waals surface area contributed by atoms with Gasteiger partial charge >= 0.3 is 0 Å². The zero-order valence-corrected chi connectivity index (χ0v) is 13.4. The van der Waals surface area contributed by atoms with Crippen LogP contribution in [0.4, 0.5) is 8.78 Å². The minimum Gasteiger partial charge on any atom is -0.343 e. The minimum absolute atomic E-state index is 0.216. The van der Waals surface area contributed by atoms with Crippen molar-refractivity contribution in [1.82, 2.24) is 15.1 Å². The van der Waals surface area contributed by atoms with Crippen LogP contribution in [0.3, 0.4) is 0 Å². The summed E-state index contributed by atoms with van der Waals surface area (Å²) in [5.41, 5.74) is 0. The number of nitrogens with zero attached hydrogens (tertiary/aromatic N) is 2. The van der Waals surface area contributed by atoms with Gasteiger partial charge in [-0.3, -0.25) is 14.9 Å². The summed E-state index contributed by atoms with van der Waals surface area (Å²) in [5.74, 6) is -2.46. The van der Waals surface area contributed by atoms with Crippen molar-refractivity contribution < 1.29 is 18.4 Å². The van der Waals surface area contributed by atoms with Gasteiger partial charge < -0.3 is 9.80 Å². The van der Waals surface area contributed by atoms with E-state index in [2.05, 4.69) is 5.32 Å². The summed E-state index contributed by atoms with van der Waals surface area (Å²) in [7, 11) is 0. The Hall–Kier alpha value is -1.24.